The first-order valence-electron chi connectivity index (χ1n) is 6.27. The van der Waals surface area contributed by atoms with Crippen LogP contribution in [0.4, 0.5) is 13.2 Å². The molecule has 6 heteroatoms. The Morgan fingerprint density at radius 2 is 1.90 bits per heavy atom. The lowest BCUT2D eigenvalue weighted by Gasteiger charge is -2.22. The summed E-state index contributed by atoms with van der Waals surface area (Å²) in [5, 5.41) is 0. The minimum atomic E-state index is -4.26. The minimum absolute atomic E-state index is 0.251. The Hall–Kier alpha value is -1.56. The molecule has 0 aliphatic rings. The van der Waals surface area contributed by atoms with Crippen molar-refractivity contribution in [2.45, 2.75) is 32.2 Å². The van der Waals surface area contributed by atoms with Crippen molar-refractivity contribution in [2.24, 2.45) is 0 Å². The first-order chi connectivity index (χ1) is 9.29. The molecule has 0 spiro atoms. The largest absolute Gasteiger partial charge is 0.390 e. The highest BCUT2D eigenvalue weighted by Crippen LogP contribution is 2.19. The lowest BCUT2D eigenvalue weighted by atomic mass is 10.2. The van der Waals surface area contributed by atoms with Crippen LogP contribution in [0.1, 0.15) is 18.9 Å². The molecular formula is C14H18F3NO2. The third kappa shape index (κ3) is 6.06. The maximum Gasteiger partial charge on any atom is 0.390 e. The SMILES string of the molecule is C[C@H](OCc1ccccc1)C(=O)N(C)CCC(F)(F)F. The van der Waals surface area contributed by atoms with E-state index in [0.717, 1.165) is 10.5 Å². The van der Waals surface area contributed by atoms with Crippen LogP contribution in [-0.4, -0.2) is 36.7 Å². The second-order valence-corrected chi connectivity index (χ2v) is 4.56. The molecule has 112 valence electrons. The number of nitrogens with zero attached hydrogens (tertiary/aromatic N) is 1. The van der Waals surface area contributed by atoms with Gasteiger partial charge >= 0.3 is 6.18 Å². The summed E-state index contributed by atoms with van der Waals surface area (Å²) in [6.07, 6.45) is -6.04. The van der Waals surface area contributed by atoms with Gasteiger partial charge in [0.25, 0.3) is 5.91 Å². The predicted octanol–water partition coefficient (Wildman–Crippen LogP) is 3.00. The quantitative estimate of drug-likeness (QED) is 0.805. The van der Waals surface area contributed by atoms with Crippen molar-refractivity contribution < 1.29 is 22.7 Å². The highest BCUT2D eigenvalue weighted by molar-refractivity contribution is 5.80. The Kier molecular flexibility index (Phi) is 6.01. The summed E-state index contributed by atoms with van der Waals surface area (Å²) in [4.78, 5) is 12.9. The van der Waals surface area contributed by atoms with E-state index in [2.05, 4.69) is 0 Å². The average molecular weight is 289 g/mol. The monoisotopic (exact) mass is 289 g/mol. The second-order valence-electron chi connectivity index (χ2n) is 4.56. The van der Waals surface area contributed by atoms with Crippen LogP contribution in [-0.2, 0) is 16.1 Å². The molecule has 1 aromatic carbocycles. The molecule has 1 amide bonds. The van der Waals surface area contributed by atoms with Crippen molar-refractivity contribution in [1.82, 2.24) is 4.90 Å². The van der Waals surface area contributed by atoms with Crippen LogP contribution in [0.15, 0.2) is 30.3 Å². The Labute approximate surface area is 116 Å². The summed E-state index contributed by atoms with van der Waals surface area (Å²) in [5.74, 6) is -0.454. The smallest absolute Gasteiger partial charge is 0.364 e. The van der Waals surface area contributed by atoms with Crippen LogP contribution >= 0.6 is 0 Å². The van der Waals surface area contributed by atoms with Crippen molar-refractivity contribution in [3.63, 3.8) is 0 Å². The van der Waals surface area contributed by atoms with Crippen molar-refractivity contribution >= 4 is 5.91 Å². The van der Waals surface area contributed by atoms with Crippen LogP contribution in [0.2, 0.25) is 0 Å². The standard InChI is InChI=1S/C14H18F3NO2/c1-11(20-10-12-6-4-3-5-7-12)13(19)18(2)9-8-14(15,16)17/h3-7,11H,8-10H2,1-2H3/t11-/m0/s1. The molecule has 0 saturated heterocycles. The first kappa shape index (κ1) is 16.5. The zero-order chi connectivity index (χ0) is 15.2. The molecule has 0 aliphatic heterocycles. The van der Waals surface area contributed by atoms with E-state index in [1.54, 1.807) is 0 Å². The topological polar surface area (TPSA) is 29.5 Å². The van der Waals surface area contributed by atoms with Gasteiger partial charge in [-0.25, -0.2) is 0 Å². The summed E-state index contributed by atoms with van der Waals surface area (Å²) in [6, 6.07) is 9.26. The molecule has 0 aromatic heterocycles. The van der Waals surface area contributed by atoms with E-state index in [0.29, 0.717) is 0 Å². The number of carbonyl (C=O) groups excluding carboxylic acids is 1. The normalized spacial score (nSPS) is 13.1. The van der Waals surface area contributed by atoms with Gasteiger partial charge in [-0.1, -0.05) is 30.3 Å². The Bertz CT molecular complexity index is 420. The highest BCUT2D eigenvalue weighted by Gasteiger charge is 2.29. The number of rotatable bonds is 6. The van der Waals surface area contributed by atoms with E-state index >= 15 is 0 Å². The maximum absolute atomic E-state index is 12.1. The number of alkyl halides is 3. The molecular weight excluding hydrogens is 271 g/mol. The lowest BCUT2D eigenvalue weighted by molar-refractivity contribution is -0.150. The van der Waals surface area contributed by atoms with Crippen LogP contribution < -0.4 is 0 Å². The molecule has 0 bridgehead atoms. The zero-order valence-corrected chi connectivity index (χ0v) is 11.5. The first-order valence-corrected chi connectivity index (χ1v) is 6.27. The number of halogens is 3. The average Bonchev–Trinajstić information content (AvgIpc) is 2.41. The van der Waals surface area contributed by atoms with E-state index < -0.39 is 24.6 Å². The molecule has 0 heterocycles. The van der Waals surface area contributed by atoms with Crippen molar-refractivity contribution in [3.8, 4) is 0 Å². The molecule has 0 fully saturated rings. The summed E-state index contributed by atoms with van der Waals surface area (Å²) in [6.45, 7) is 1.43. The molecule has 20 heavy (non-hydrogen) atoms. The van der Waals surface area contributed by atoms with E-state index in [1.807, 2.05) is 30.3 Å². The summed E-state index contributed by atoms with van der Waals surface area (Å²) in [5.41, 5.74) is 0.907. The molecule has 0 unspecified atom stereocenters. The number of amides is 1. The van der Waals surface area contributed by atoms with Crippen molar-refractivity contribution in [2.75, 3.05) is 13.6 Å². The van der Waals surface area contributed by atoms with Gasteiger partial charge in [0.15, 0.2) is 0 Å². The number of hydrogen-bond donors (Lipinski definition) is 0. The van der Waals surface area contributed by atoms with E-state index in [4.69, 9.17) is 4.74 Å². The van der Waals surface area contributed by atoms with Gasteiger partial charge in [-0.05, 0) is 12.5 Å². The van der Waals surface area contributed by atoms with Gasteiger partial charge in [0, 0.05) is 13.6 Å². The minimum Gasteiger partial charge on any atom is -0.364 e. The second kappa shape index (κ2) is 7.28. The molecule has 1 aromatic rings. The zero-order valence-electron chi connectivity index (χ0n) is 11.5. The van der Waals surface area contributed by atoms with Gasteiger partial charge in [-0.15, -0.1) is 0 Å². The molecule has 1 atom stereocenters. The Morgan fingerprint density at radius 3 is 2.45 bits per heavy atom. The number of benzene rings is 1. The molecule has 0 saturated carbocycles. The Balaban J connectivity index is 2.38. The van der Waals surface area contributed by atoms with Crippen LogP contribution in [0.5, 0.6) is 0 Å². The fraction of sp³-hybridized carbons (Fsp3) is 0.500. The molecule has 0 radical (unpaired) electrons. The van der Waals surface area contributed by atoms with E-state index in [-0.39, 0.29) is 13.2 Å². The van der Waals surface area contributed by atoms with E-state index in [1.165, 1.54) is 14.0 Å². The fourth-order valence-corrected chi connectivity index (χ4v) is 1.58. The van der Waals surface area contributed by atoms with Gasteiger partial charge in [-0.3, -0.25) is 4.79 Å². The molecule has 0 N–H and O–H groups in total. The Morgan fingerprint density at radius 1 is 1.30 bits per heavy atom. The number of ether oxygens (including phenoxy) is 1. The molecule has 0 aliphatic carbocycles. The van der Waals surface area contributed by atoms with Crippen molar-refractivity contribution in [1.29, 1.82) is 0 Å². The fourth-order valence-electron chi connectivity index (χ4n) is 1.58. The lowest BCUT2D eigenvalue weighted by Crippen LogP contribution is -2.38. The van der Waals surface area contributed by atoms with Gasteiger partial charge in [0.2, 0.25) is 0 Å². The highest BCUT2D eigenvalue weighted by atomic mass is 19.4. The number of likely N-dealkylation sites (N-methyl/N-ethyl adjacent to an activating group) is 1. The number of hydrogen-bond acceptors (Lipinski definition) is 2. The summed E-state index contributed by atoms with van der Waals surface area (Å²) >= 11 is 0. The predicted molar refractivity (Wildman–Crippen MR) is 69.0 cm³/mol. The maximum atomic E-state index is 12.1. The van der Waals surface area contributed by atoms with Gasteiger partial charge in [0.05, 0.1) is 13.0 Å². The van der Waals surface area contributed by atoms with Crippen LogP contribution in [0.3, 0.4) is 0 Å². The van der Waals surface area contributed by atoms with Gasteiger partial charge in [0.1, 0.15) is 6.10 Å². The summed E-state index contributed by atoms with van der Waals surface area (Å²) in [7, 11) is 1.34. The van der Waals surface area contributed by atoms with Gasteiger partial charge < -0.3 is 9.64 Å². The summed E-state index contributed by atoms with van der Waals surface area (Å²) < 4.78 is 41.6. The van der Waals surface area contributed by atoms with Crippen LogP contribution in [0, 0.1) is 0 Å². The number of carbonyl (C=O) groups is 1. The third-order valence-corrected chi connectivity index (χ3v) is 2.80. The third-order valence-electron chi connectivity index (χ3n) is 2.80. The van der Waals surface area contributed by atoms with Crippen molar-refractivity contribution in [3.05, 3.63) is 35.9 Å². The van der Waals surface area contributed by atoms with E-state index in [9.17, 15) is 18.0 Å². The van der Waals surface area contributed by atoms with Crippen LogP contribution in [0.25, 0.3) is 0 Å². The molecule has 3 nitrogen and oxygen atoms in total. The van der Waals surface area contributed by atoms with Gasteiger partial charge in [-0.2, -0.15) is 13.2 Å². The molecule has 1 rings (SSSR count).